The molecule has 5 heteroatoms. The van der Waals surface area contributed by atoms with Crippen molar-refractivity contribution < 1.29 is 13.7 Å². The minimum Gasteiger partial charge on any atom is -0.493 e. The molecule has 0 aromatic heterocycles. The molecule has 21 heavy (non-hydrogen) atoms. The van der Waals surface area contributed by atoms with E-state index in [2.05, 4.69) is 19.2 Å². The van der Waals surface area contributed by atoms with Crippen molar-refractivity contribution in [2.24, 2.45) is 0 Å². The SMILES string of the molecule is CCNC(CS(=O)C(C)CC)c1ccc(OC)c(OC)c1. The van der Waals surface area contributed by atoms with E-state index in [0.29, 0.717) is 17.3 Å². The fourth-order valence-corrected chi connectivity index (χ4v) is 3.44. The van der Waals surface area contributed by atoms with Crippen LogP contribution in [0.25, 0.3) is 0 Å². The summed E-state index contributed by atoms with van der Waals surface area (Å²) in [6.07, 6.45) is 0.928. The summed E-state index contributed by atoms with van der Waals surface area (Å²) in [5.41, 5.74) is 1.08. The second-order valence-corrected chi connectivity index (χ2v) is 6.89. The minimum absolute atomic E-state index is 0.0599. The first-order chi connectivity index (χ1) is 10.1. The van der Waals surface area contributed by atoms with Crippen LogP contribution in [0.1, 0.15) is 38.8 Å². The molecule has 0 amide bonds. The molecule has 0 spiro atoms. The lowest BCUT2D eigenvalue weighted by atomic mass is 10.1. The van der Waals surface area contributed by atoms with Crippen molar-refractivity contribution >= 4 is 10.8 Å². The third-order valence-electron chi connectivity index (χ3n) is 3.62. The van der Waals surface area contributed by atoms with Gasteiger partial charge in [0.15, 0.2) is 11.5 Å². The Labute approximate surface area is 130 Å². The molecule has 0 aliphatic carbocycles. The molecule has 0 aliphatic rings. The number of methoxy groups -OCH3 is 2. The molecule has 120 valence electrons. The fourth-order valence-electron chi connectivity index (χ4n) is 2.10. The van der Waals surface area contributed by atoms with Crippen molar-refractivity contribution in [1.82, 2.24) is 5.32 Å². The number of nitrogens with one attached hydrogen (secondary N) is 1. The van der Waals surface area contributed by atoms with Gasteiger partial charge < -0.3 is 14.8 Å². The maximum absolute atomic E-state index is 12.3. The lowest BCUT2D eigenvalue weighted by Gasteiger charge is -2.21. The summed E-state index contributed by atoms with van der Waals surface area (Å²) >= 11 is 0. The number of hydrogen-bond donors (Lipinski definition) is 1. The van der Waals surface area contributed by atoms with Gasteiger partial charge in [0.1, 0.15) is 0 Å². The number of ether oxygens (including phenoxy) is 2. The van der Waals surface area contributed by atoms with E-state index in [1.165, 1.54) is 0 Å². The van der Waals surface area contributed by atoms with E-state index >= 15 is 0 Å². The Morgan fingerprint density at radius 3 is 2.38 bits per heavy atom. The number of rotatable bonds is 9. The third kappa shape index (κ3) is 5.00. The molecule has 3 atom stereocenters. The summed E-state index contributed by atoms with van der Waals surface area (Å²) in [7, 11) is 2.40. The topological polar surface area (TPSA) is 47.6 Å². The molecule has 4 nitrogen and oxygen atoms in total. The highest BCUT2D eigenvalue weighted by molar-refractivity contribution is 7.85. The standard InChI is InChI=1S/C16H27NO3S/c1-6-12(3)21(18)11-14(17-7-2)13-8-9-15(19-4)16(10-13)20-5/h8-10,12,14,17H,6-7,11H2,1-5H3. The van der Waals surface area contributed by atoms with Crippen molar-refractivity contribution in [3.63, 3.8) is 0 Å². The van der Waals surface area contributed by atoms with Crippen molar-refractivity contribution in [2.75, 3.05) is 26.5 Å². The Hall–Kier alpha value is -1.07. The average Bonchev–Trinajstić information content (AvgIpc) is 2.52. The Morgan fingerprint density at radius 2 is 1.86 bits per heavy atom. The molecular weight excluding hydrogens is 286 g/mol. The summed E-state index contributed by atoms with van der Waals surface area (Å²) in [6.45, 7) is 6.99. The highest BCUT2D eigenvalue weighted by Gasteiger charge is 2.19. The van der Waals surface area contributed by atoms with Crippen LogP contribution in [0, 0.1) is 0 Å². The van der Waals surface area contributed by atoms with Gasteiger partial charge in [-0.1, -0.05) is 26.8 Å². The van der Waals surface area contributed by atoms with Gasteiger partial charge in [-0.2, -0.15) is 0 Å². The summed E-state index contributed by atoms with van der Waals surface area (Å²) < 4.78 is 22.9. The fraction of sp³-hybridized carbons (Fsp3) is 0.625. The molecule has 0 fully saturated rings. The van der Waals surface area contributed by atoms with Gasteiger partial charge in [-0.05, 0) is 30.7 Å². The smallest absolute Gasteiger partial charge is 0.161 e. The molecule has 0 aliphatic heterocycles. The quantitative estimate of drug-likeness (QED) is 0.761. The Balaban J connectivity index is 2.97. The monoisotopic (exact) mass is 313 g/mol. The molecule has 0 saturated heterocycles. The van der Waals surface area contributed by atoms with Gasteiger partial charge in [-0.25, -0.2) is 0 Å². The second-order valence-electron chi connectivity index (χ2n) is 4.99. The van der Waals surface area contributed by atoms with E-state index in [4.69, 9.17) is 9.47 Å². The Morgan fingerprint density at radius 1 is 1.19 bits per heavy atom. The van der Waals surface area contributed by atoms with Gasteiger partial charge in [-0.3, -0.25) is 4.21 Å². The molecule has 0 bridgehead atoms. The van der Waals surface area contributed by atoms with E-state index < -0.39 is 10.8 Å². The van der Waals surface area contributed by atoms with Gasteiger partial charge in [0.05, 0.1) is 14.2 Å². The first kappa shape index (κ1) is 18.0. The molecule has 1 aromatic rings. The largest absolute Gasteiger partial charge is 0.493 e. The predicted octanol–water partition coefficient (Wildman–Crippen LogP) is 2.90. The highest BCUT2D eigenvalue weighted by Crippen LogP contribution is 2.30. The van der Waals surface area contributed by atoms with Crippen LogP contribution < -0.4 is 14.8 Å². The normalized spacial score (nSPS) is 15.3. The third-order valence-corrected chi connectivity index (χ3v) is 5.51. The maximum Gasteiger partial charge on any atom is 0.161 e. The van der Waals surface area contributed by atoms with Crippen LogP contribution in [0.3, 0.4) is 0 Å². The van der Waals surface area contributed by atoms with Crippen LogP contribution >= 0.6 is 0 Å². The first-order valence-corrected chi connectivity index (χ1v) is 8.77. The van der Waals surface area contributed by atoms with Crippen LogP contribution in [-0.4, -0.2) is 36.0 Å². The van der Waals surface area contributed by atoms with Crippen LogP contribution in [0.15, 0.2) is 18.2 Å². The zero-order valence-corrected chi connectivity index (χ0v) is 14.5. The molecule has 0 saturated carbocycles. The molecular formula is C16H27NO3S. The molecule has 1 rings (SSSR count). The van der Waals surface area contributed by atoms with Crippen LogP contribution in [0.2, 0.25) is 0 Å². The number of hydrogen-bond acceptors (Lipinski definition) is 4. The summed E-state index contributed by atoms with van der Waals surface area (Å²) in [5, 5.41) is 3.62. The van der Waals surface area contributed by atoms with Crippen LogP contribution in [0.5, 0.6) is 11.5 Å². The van der Waals surface area contributed by atoms with Gasteiger partial charge in [0, 0.05) is 27.8 Å². The summed E-state index contributed by atoms with van der Waals surface area (Å²) in [6, 6.07) is 5.91. The number of benzene rings is 1. The first-order valence-electron chi connectivity index (χ1n) is 7.39. The van der Waals surface area contributed by atoms with Crippen molar-refractivity contribution in [2.45, 2.75) is 38.5 Å². The van der Waals surface area contributed by atoms with Crippen LogP contribution in [-0.2, 0) is 10.8 Å². The summed E-state index contributed by atoms with van der Waals surface area (Å²) in [5.74, 6) is 2.02. The molecule has 0 radical (unpaired) electrons. The van der Waals surface area contributed by atoms with Gasteiger partial charge in [0.25, 0.3) is 0 Å². The van der Waals surface area contributed by atoms with Crippen molar-refractivity contribution in [1.29, 1.82) is 0 Å². The zero-order chi connectivity index (χ0) is 15.8. The van der Waals surface area contributed by atoms with E-state index in [9.17, 15) is 4.21 Å². The predicted molar refractivity (Wildman–Crippen MR) is 88.7 cm³/mol. The molecule has 1 N–H and O–H groups in total. The highest BCUT2D eigenvalue weighted by atomic mass is 32.2. The average molecular weight is 313 g/mol. The van der Waals surface area contributed by atoms with E-state index in [-0.39, 0.29) is 11.3 Å². The van der Waals surface area contributed by atoms with Gasteiger partial charge >= 0.3 is 0 Å². The van der Waals surface area contributed by atoms with E-state index in [1.54, 1.807) is 14.2 Å². The second kappa shape index (κ2) is 9.05. The molecule has 1 aromatic carbocycles. The van der Waals surface area contributed by atoms with E-state index in [0.717, 1.165) is 18.5 Å². The van der Waals surface area contributed by atoms with Gasteiger partial charge in [0.2, 0.25) is 0 Å². The maximum atomic E-state index is 12.3. The Bertz CT molecular complexity index is 465. The van der Waals surface area contributed by atoms with Crippen molar-refractivity contribution in [3.8, 4) is 11.5 Å². The lowest BCUT2D eigenvalue weighted by molar-refractivity contribution is 0.354. The van der Waals surface area contributed by atoms with Gasteiger partial charge in [-0.15, -0.1) is 0 Å². The Kier molecular flexibility index (Phi) is 7.75. The minimum atomic E-state index is -0.847. The van der Waals surface area contributed by atoms with Crippen LogP contribution in [0.4, 0.5) is 0 Å². The summed E-state index contributed by atoms with van der Waals surface area (Å²) in [4.78, 5) is 0. The molecule has 3 unspecified atom stereocenters. The lowest BCUT2D eigenvalue weighted by Crippen LogP contribution is -2.28. The zero-order valence-electron chi connectivity index (χ0n) is 13.6. The van der Waals surface area contributed by atoms with E-state index in [1.807, 2.05) is 25.1 Å². The van der Waals surface area contributed by atoms with Crippen molar-refractivity contribution in [3.05, 3.63) is 23.8 Å². The molecule has 0 heterocycles.